The molecule has 5 nitrogen and oxygen atoms in total. The number of hydrogen-bond acceptors (Lipinski definition) is 3. The quantitative estimate of drug-likeness (QED) is 0.780. The van der Waals surface area contributed by atoms with Gasteiger partial charge in [0.1, 0.15) is 0 Å². The predicted octanol–water partition coefficient (Wildman–Crippen LogP) is 0.842. The van der Waals surface area contributed by atoms with Crippen LogP contribution in [0.1, 0.15) is 38.5 Å². The Morgan fingerprint density at radius 1 is 1.39 bits per heavy atom. The third kappa shape index (κ3) is 3.02. The van der Waals surface area contributed by atoms with E-state index in [1.54, 1.807) is 0 Å². The highest BCUT2D eigenvalue weighted by atomic mass is 16.4. The smallest absolute Gasteiger partial charge is 0.305 e. The Morgan fingerprint density at radius 3 is 2.56 bits per heavy atom. The lowest BCUT2D eigenvalue weighted by atomic mass is 9.92. The van der Waals surface area contributed by atoms with Crippen molar-refractivity contribution < 1.29 is 14.7 Å². The van der Waals surface area contributed by atoms with Gasteiger partial charge in [0.05, 0.1) is 17.9 Å². The molecule has 18 heavy (non-hydrogen) atoms. The topological polar surface area (TPSA) is 69.6 Å². The van der Waals surface area contributed by atoms with Crippen molar-refractivity contribution >= 4 is 11.9 Å². The molecule has 2 N–H and O–H groups in total. The van der Waals surface area contributed by atoms with Gasteiger partial charge in [0.15, 0.2) is 0 Å². The van der Waals surface area contributed by atoms with Crippen LogP contribution >= 0.6 is 0 Å². The van der Waals surface area contributed by atoms with E-state index in [0.29, 0.717) is 0 Å². The van der Waals surface area contributed by atoms with Gasteiger partial charge in [0.2, 0.25) is 5.91 Å². The zero-order chi connectivity index (χ0) is 13.2. The summed E-state index contributed by atoms with van der Waals surface area (Å²) >= 11 is 0. The summed E-state index contributed by atoms with van der Waals surface area (Å²) in [5.74, 6) is -0.746. The van der Waals surface area contributed by atoms with Crippen molar-refractivity contribution in [1.29, 1.82) is 0 Å². The molecule has 1 saturated carbocycles. The molecule has 0 aromatic rings. The van der Waals surface area contributed by atoms with E-state index in [4.69, 9.17) is 5.11 Å². The van der Waals surface area contributed by atoms with Gasteiger partial charge in [0.25, 0.3) is 0 Å². The summed E-state index contributed by atoms with van der Waals surface area (Å²) in [5.41, 5.74) is -0.482. The van der Waals surface area contributed by atoms with E-state index in [1.165, 1.54) is 0 Å². The van der Waals surface area contributed by atoms with Crippen molar-refractivity contribution in [2.75, 3.05) is 20.1 Å². The molecule has 1 saturated heterocycles. The number of aliphatic carboxylic acids is 1. The third-order valence-electron chi connectivity index (χ3n) is 4.20. The molecule has 5 heteroatoms. The Kier molecular flexibility index (Phi) is 3.90. The van der Waals surface area contributed by atoms with Crippen molar-refractivity contribution in [1.82, 2.24) is 10.2 Å². The van der Waals surface area contributed by atoms with Crippen LogP contribution in [-0.4, -0.2) is 47.6 Å². The minimum absolute atomic E-state index is 0.0290. The number of nitrogens with one attached hydrogen (secondary N) is 1. The normalized spacial score (nSPS) is 27.3. The minimum Gasteiger partial charge on any atom is -0.481 e. The van der Waals surface area contributed by atoms with Gasteiger partial charge in [-0.25, -0.2) is 0 Å². The average Bonchev–Trinajstić information content (AvgIpc) is 2.87. The summed E-state index contributed by atoms with van der Waals surface area (Å²) < 4.78 is 0. The summed E-state index contributed by atoms with van der Waals surface area (Å²) in [6.45, 7) is 1.74. The van der Waals surface area contributed by atoms with Crippen molar-refractivity contribution in [3.8, 4) is 0 Å². The molecule has 0 aromatic heterocycles. The van der Waals surface area contributed by atoms with Gasteiger partial charge < -0.3 is 15.3 Å². The van der Waals surface area contributed by atoms with Crippen LogP contribution in [0.5, 0.6) is 0 Å². The first-order chi connectivity index (χ1) is 8.51. The number of carboxylic acids is 1. The molecule has 0 spiro atoms. The van der Waals surface area contributed by atoms with Crippen molar-refractivity contribution in [3.63, 3.8) is 0 Å². The van der Waals surface area contributed by atoms with Crippen LogP contribution in [0.2, 0.25) is 0 Å². The molecule has 1 unspecified atom stereocenters. The molecule has 1 aliphatic heterocycles. The molecule has 2 aliphatic rings. The molecule has 1 heterocycles. The monoisotopic (exact) mass is 254 g/mol. The molecule has 1 atom stereocenters. The van der Waals surface area contributed by atoms with Gasteiger partial charge in [0, 0.05) is 6.54 Å². The van der Waals surface area contributed by atoms with Gasteiger partial charge >= 0.3 is 5.97 Å². The number of carboxylic acid groups (broad SMARTS) is 1. The van der Waals surface area contributed by atoms with Crippen LogP contribution < -0.4 is 5.32 Å². The molecular weight excluding hydrogens is 232 g/mol. The maximum absolute atomic E-state index is 12.2. The fraction of sp³-hybridized carbons (Fsp3) is 0.846. The SMILES string of the molecule is CN1CCC(C(=O)NC2(CC(=O)O)CCCC2)C1. The van der Waals surface area contributed by atoms with E-state index < -0.39 is 11.5 Å². The second-order valence-corrected chi connectivity index (χ2v) is 5.80. The van der Waals surface area contributed by atoms with Gasteiger partial charge in [-0.2, -0.15) is 0 Å². The lowest BCUT2D eigenvalue weighted by molar-refractivity contribution is -0.139. The highest BCUT2D eigenvalue weighted by Gasteiger charge is 2.39. The second kappa shape index (κ2) is 5.26. The lowest BCUT2D eigenvalue weighted by Crippen LogP contribution is -2.50. The first kappa shape index (κ1) is 13.3. The zero-order valence-corrected chi connectivity index (χ0v) is 10.9. The van der Waals surface area contributed by atoms with Crippen LogP contribution in [0.4, 0.5) is 0 Å². The summed E-state index contributed by atoms with van der Waals surface area (Å²) in [4.78, 5) is 25.3. The van der Waals surface area contributed by atoms with E-state index in [9.17, 15) is 9.59 Å². The second-order valence-electron chi connectivity index (χ2n) is 5.80. The molecular formula is C13H22N2O3. The summed E-state index contributed by atoms with van der Waals surface area (Å²) in [7, 11) is 2.01. The van der Waals surface area contributed by atoms with E-state index in [2.05, 4.69) is 10.2 Å². The van der Waals surface area contributed by atoms with Gasteiger partial charge in [-0.1, -0.05) is 12.8 Å². The van der Waals surface area contributed by atoms with Gasteiger partial charge in [-0.15, -0.1) is 0 Å². The Hall–Kier alpha value is -1.10. The van der Waals surface area contributed by atoms with E-state index >= 15 is 0 Å². The number of nitrogens with zero attached hydrogens (tertiary/aromatic N) is 1. The third-order valence-corrected chi connectivity index (χ3v) is 4.20. The van der Waals surface area contributed by atoms with Crippen molar-refractivity contribution in [3.05, 3.63) is 0 Å². The molecule has 0 bridgehead atoms. The van der Waals surface area contributed by atoms with E-state index in [0.717, 1.165) is 45.2 Å². The van der Waals surface area contributed by atoms with Gasteiger partial charge in [-0.3, -0.25) is 9.59 Å². The number of hydrogen-bond donors (Lipinski definition) is 2. The maximum atomic E-state index is 12.2. The van der Waals surface area contributed by atoms with Gasteiger partial charge in [-0.05, 0) is 32.9 Å². The minimum atomic E-state index is -0.819. The summed E-state index contributed by atoms with van der Waals surface area (Å²) in [6.07, 6.45) is 4.56. The van der Waals surface area contributed by atoms with Crippen molar-refractivity contribution in [2.45, 2.75) is 44.1 Å². The average molecular weight is 254 g/mol. The fourth-order valence-corrected chi connectivity index (χ4v) is 3.20. The molecule has 2 rings (SSSR count). The van der Waals surface area contributed by atoms with Crippen LogP contribution in [0.25, 0.3) is 0 Å². The molecule has 0 radical (unpaired) electrons. The predicted molar refractivity (Wildman–Crippen MR) is 67.2 cm³/mol. The molecule has 1 amide bonds. The Bertz CT molecular complexity index is 337. The zero-order valence-electron chi connectivity index (χ0n) is 10.9. The number of carbonyl (C=O) groups is 2. The Morgan fingerprint density at radius 2 is 2.06 bits per heavy atom. The van der Waals surface area contributed by atoms with Crippen LogP contribution in [0.3, 0.4) is 0 Å². The van der Waals surface area contributed by atoms with E-state index in [-0.39, 0.29) is 18.2 Å². The molecule has 2 fully saturated rings. The number of rotatable bonds is 4. The maximum Gasteiger partial charge on any atom is 0.305 e. The van der Waals surface area contributed by atoms with Crippen LogP contribution in [0, 0.1) is 5.92 Å². The first-order valence-corrected chi connectivity index (χ1v) is 6.73. The Labute approximate surface area is 108 Å². The number of amides is 1. The summed E-state index contributed by atoms with van der Waals surface area (Å²) in [6, 6.07) is 0. The largest absolute Gasteiger partial charge is 0.481 e. The van der Waals surface area contributed by atoms with Crippen LogP contribution in [0.15, 0.2) is 0 Å². The Balaban J connectivity index is 1.96. The number of carbonyl (C=O) groups excluding carboxylic acids is 1. The van der Waals surface area contributed by atoms with E-state index in [1.807, 2.05) is 7.05 Å². The first-order valence-electron chi connectivity index (χ1n) is 6.73. The summed E-state index contributed by atoms with van der Waals surface area (Å²) in [5, 5.41) is 12.0. The molecule has 0 aromatic carbocycles. The van der Waals surface area contributed by atoms with Crippen molar-refractivity contribution in [2.24, 2.45) is 5.92 Å². The molecule has 102 valence electrons. The molecule has 1 aliphatic carbocycles. The van der Waals surface area contributed by atoms with Crippen LogP contribution in [-0.2, 0) is 9.59 Å². The standard InChI is InChI=1S/C13H22N2O3/c1-15-7-4-10(9-15)12(18)14-13(8-11(16)17)5-2-3-6-13/h10H,2-9H2,1H3,(H,14,18)(H,16,17). The lowest BCUT2D eigenvalue weighted by Gasteiger charge is -2.30. The number of likely N-dealkylation sites (tertiary alicyclic amines) is 1. The highest BCUT2D eigenvalue weighted by Crippen LogP contribution is 2.33. The highest BCUT2D eigenvalue weighted by molar-refractivity contribution is 5.81. The fourth-order valence-electron chi connectivity index (χ4n) is 3.20.